The Balaban J connectivity index is 2.03. The molecule has 1 rings (SSSR count). The summed E-state index contributed by atoms with van der Waals surface area (Å²) in [4.78, 5) is 13.1. The smallest absolute Gasteiger partial charge is 0.201 e. The summed E-state index contributed by atoms with van der Waals surface area (Å²) in [7, 11) is 0. The van der Waals surface area contributed by atoms with Crippen LogP contribution in [0.5, 0.6) is 0 Å². The average molecular weight is 361 g/mol. The first-order chi connectivity index (χ1) is 12.9. The van der Waals surface area contributed by atoms with E-state index in [1.165, 1.54) is 103 Å². The minimum Gasteiger partial charge on any atom is -0.218 e. The normalized spacial score (nSPS) is 11.2. The molecule has 1 heterocycles. The first-order valence-electron chi connectivity index (χ1n) is 11.5. The maximum absolute atomic E-state index is 4.64. The van der Waals surface area contributed by atoms with E-state index in [0.29, 0.717) is 0 Å². The summed E-state index contributed by atoms with van der Waals surface area (Å²) in [6.45, 7) is 4.54. The molecule has 0 bridgehead atoms. The molecule has 0 aromatic carbocycles. The molecule has 1 aromatic rings. The van der Waals surface area contributed by atoms with Gasteiger partial charge in [0.25, 0.3) is 0 Å². The second-order valence-corrected chi connectivity index (χ2v) is 7.72. The van der Waals surface area contributed by atoms with Crippen LogP contribution in [-0.2, 0) is 12.8 Å². The highest BCUT2D eigenvalue weighted by molar-refractivity contribution is 4.90. The van der Waals surface area contributed by atoms with Crippen LogP contribution in [0.4, 0.5) is 0 Å². The Morgan fingerprint density at radius 3 is 1.23 bits per heavy atom. The van der Waals surface area contributed by atoms with E-state index in [2.05, 4.69) is 35.1 Å². The van der Waals surface area contributed by atoms with E-state index in [1.54, 1.807) is 0 Å². The summed E-state index contributed by atoms with van der Waals surface area (Å²) in [5.74, 6) is 1.89. The number of unbranched alkanes of at least 4 members (excludes halogenated alkanes) is 14. The Morgan fingerprint density at radius 1 is 0.500 bits per heavy atom. The molecule has 1 aromatic heterocycles. The quantitative estimate of drug-likeness (QED) is 0.263. The predicted octanol–water partition coefficient (Wildman–Crippen LogP) is 7.04. The van der Waals surface area contributed by atoms with E-state index in [0.717, 1.165) is 24.5 Å². The van der Waals surface area contributed by atoms with Gasteiger partial charge in [-0.1, -0.05) is 104 Å². The highest BCUT2D eigenvalue weighted by Gasteiger charge is 2.02. The van der Waals surface area contributed by atoms with Gasteiger partial charge in [0.15, 0.2) is 0 Å². The van der Waals surface area contributed by atoms with Crippen LogP contribution in [0.1, 0.15) is 128 Å². The van der Waals surface area contributed by atoms with Crippen LogP contribution < -0.4 is 0 Å². The van der Waals surface area contributed by atoms with Gasteiger partial charge in [-0.3, -0.25) is 0 Å². The molecule has 0 unspecified atom stereocenters. The number of aryl methyl sites for hydroxylation is 2. The molecule has 0 saturated heterocycles. The Labute approximate surface area is 162 Å². The van der Waals surface area contributed by atoms with Crippen LogP contribution in [-0.4, -0.2) is 15.0 Å². The summed E-state index contributed by atoms with van der Waals surface area (Å²) < 4.78 is 0. The average Bonchev–Trinajstić information content (AvgIpc) is 2.66. The Kier molecular flexibility index (Phi) is 15.4. The third kappa shape index (κ3) is 13.2. The molecular formula is C23H42N3. The van der Waals surface area contributed by atoms with Gasteiger partial charge >= 0.3 is 0 Å². The topological polar surface area (TPSA) is 38.7 Å². The van der Waals surface area contributed by atoms with E-state index in [4.69, 9.17) is 0 Å². The zero-order valence-corrected chi connectivity index (χ0v) is 17.6. The second-order valence-electron chi connectivity index (χ2n) is 7.72. The van der Waals surface area contributed by atoms with Crippen LogP contribution in [0.2, 0.25) is 0 Å². The SMILES string of the molecule is CCCCCCCCCCc1n[c]nc(CCCCCCCCCC)n1. The fourth-order valence-electron chi connectivity index (χ4n) is 3.40. The van der Waals surface area contributed by atoms with Crippen LogP contribution in [0.3, 0.4) is 0 Å². The van der Waals surface area contributed by atoms with Crippen molar-refractivity contribution >= 4 is 0 Å². The molecule has 1 radical (unpaired) electrons. The minimum absolute atomic E-state index is 0.945. The maximum Gasteiger partial charge on any atom is 0.201 e. The summed E-state index contributed by atoms with van der Waals surface area (Å²) in [5.41, 5.74) is 0. The van der Waals surface area contributed by atoms with Crippen molar-refractivity contribution in [3.8, 4) is 0 Å². The molecule has 3 heteroatoms. The van der Waals surface area contributed by atoms with Crippen molar-refractivity contribution in [2.75, 3.05) is 0 Å². The molecule has 0 saturated carbocycles. The molecule has 0 N–H and O–H groups in total. The number of hydrogen-bond acceptors (Lipinski definition) is 3. The summed E-state index contributed by atoms with van der Waals surface area (Å²) in [6.07, 6.45) is 26.3. The van der Waals surface area contributed by atoms with Crippen molar-refractivity contribution in [1.29, 1.82) is 0 Å². The van der Waals surface area contributed by atoms with E-state index in [1.807, 2.05) is 0 Å². The fraction of sp³-hybridized carbons (Fsp3) is 0.870. The molecule has 0 aliphatic carbocycles. The molecular weight excluding hydrogens is 318 g/mol. The molecule has 0 aliphatic heterocycles. The molecule has 0 amide bonds. The van der Waals surface area contributed by atoms with Crippen LogP contribution in [0.25, 0.3) is 0 Å². The van der Waals surface area contributed by atoms with Crippen molar-refractivity contribution in [2.45, 2.75) is 129 Å². The van der Waals surface area contributed by atoms with Crippen molar-refractivity contribution in [1.82, 2.24) is 15.0 Å². The molecule has 0 atom stereocenters. The van der Waals surface area contributed by atoms with E-state index in [-0.39, 0.29) is 0 Å². The molecule has 0 aliphatic rings. The zero-order chi connectivity index (χ0) is 18.7. The van der Waals surface area contributed by atoms with E-state index >= 15 is 0 Å². The lowest BCUT2D eigenvalue weighted by Crippen LogP contribution is -2.03. The largest absolute Gasteiger partial charge is 0.218 e. The van der Waals surface area contributed by atoms with Gasteiger partial charge in [-0.2, -0.15) is 0 Å². The molecule has 0 spiro atoms. The maximum atomic E-state index is 4.64. The number of rotatable bonds is 18. The van der Waals surface area contributed by atoms with Gasteiger partial charge in [0, 0.05) is 12.8 Å². The third-order valence-electron chi connectivity index (χ3n) is 5.12. The minimum atomic E-state index is 0.945. The van der Waals surface area contributed by atoms with Crippen LogP contribution in [0.15, 0.2) is 0 Å². The van der Waals surface area contributed by atoms with Gasteiger partial charge in [-0.25, -0.2) is 15.0 Å². The highest BCUT2D eigenvalue weighted by Crippen LogP contribution is 2.11. The Hall–Kier alpha value is -0.990. The molecule has 149 valence electrons. The lowest BCUT2D eigenvalue weighted by molar-refractivity contribution is 0.565. The van der Waals surface area contributed by atoms with Gasteiger partial charge in [-0.05, 0) is 12.8 Å². The standard InChI is InChI=1S/C23H42N3/c1-3-5-7-9-11-13-15-17-19-22-24-21-25-23(26-22)20-18-16-14-12-10-8-6-4-2/h3-20H2,1-2H3. The number of nitrogens with zero attached hydrogens (tertiary/aromatic N) is 3. The number of hydrogen-bond donors (Lipinski definition) is 0. The Bertz CT molecular complexity index is 384. The van der Waals surface area contributed by atoms with Crippen molar-refractivity contribution in [2.24, 2.45) is 0 Å². The lowest BCUT2D eigenvalue weighted by atomic mass is 10.1. The highest BCUT2D eigenvalue weighted by atomic mass is 15.0. The molecule has 0 fully saturated rings. The zero-order valence-electron chi connectivity index (χ0n) is 17.6. The second kappa shape index (κ2) is 17.4. The van der Waals surface area contributed by atoms with Gasteiger partial charge in [0.1, 0.15) is 11.6 Å². The molecule has 26 heavy (non-hydrogen) atoms. The van der Waals surface area contributed by atoms with Gasteiger partial charge < -0.3 is 0 Å². The van der Waals surface area contributed by atoms with Gasteiger partial charge in [0.2, 0.25) is 6.33 Å². The monoisotopic (exact) mass is 360 g/mol. The first-order valence-corrected chi connectivity index (χ1v) is 11.5. The van der Waals surface area contributed by atoms with Gasteiger partial charge in [0.05, 0.1) is 0 Å². The van der Waals surface area contributed by atoms with Crippen LogP contribution in [0, 0.1) is 6.33 Å². The van der Waals surface area contributed by atoms with E-state index in [9.17, 15) is 0 Å². The predicted molar refractivity (Wildman–Crippen MR) is 111 cm³/mol. The van der Waals surface area contributed by atoms with Crippen molar-refractivity contribution in [3.63, 3.8) is 0 Å². The molecule has 3 nitrogen and oxygen atoms in total. The first kappa shape index (κ1) is 23.0. The summed E-state index contributed by atoms with van der Waals surface area (Å²) >= 11 is 0. The van der Waals surface area contributed by atoms with E-state index < -0.39 is 0 Å². The lowest BCUT2D eigenvalue weighted by Gasteiger charge is -2.04. The number of aromatic nitrogens is 3. The van der Waals surface area contributed by atoms with Gasteiger partial charge in [-0.15, -0.1) is 0 Å². The summed E-state index contributed by atoms with van der Waals surface area (Å²) in [6, 6.07) is 0. The van der Waals surface area contributed by atoms with Crippen LogP contribution >= 0.6 is 0 Å². The fourth-order valence-corrected chi connectivity index (χ4v) is 3.40. The third-order valence-corrected chi connectivity index (χ3v) is 5.12. The summed E-state index contributed by atoms with van der Waals surface area (Å²) in [5, 5.41) is 0. The van der Waals surface area contributed by atoms with Crippen molar-refractivity contribution < 1.29 is 0 Å². The van der Waals surface area contributed by atoms with Crippen molar-refractivity contribution in [3.05, 3.63) is 18.0 Å². The Morgan fingerprint density at radius 2 is 0.846 bits per heavy atom.